The maximum atomic E-state index is 3.24. The van der Waals surface area contributed by atoms with Crippen molar-refractivity contribution in [1.82, 2.24) is 0 Å². The van der Waals surface area contributed by atoms with Crippen molar-refractivity contribution in [2.75, 3.05) is 0 Å². The molecule has 0 aromatic rings. The molecule has 0 heteroatoms. The lowest BCUT2D eigenvalue weighted by atomic mass is 10.1. The van der Waals surface area contributed by atoms with E-state index in [1.165, 1.54) is 19.3 Å². The fourth-order valence-electron chi connectivity index (χ4n) is 2.64. The van der Waals surface area contributed by atoms with E-state index in [-0.39, 0.29) is 0 Å². The summed E-state index contributed by atoms with van der Waals surface area (Å²) in [7, 11) is 0. The second-order valence-electron chi connectivity index (χ2n) is 3.83. The zero-order valence-corrected chi connectivity index (χ0v) is 7.27. The summed E-state index contributed by atoms with van der Waals surface area (Å²) in [6.07, 6.45) is 6.50. The van der Waals surface area contributed by atoms with E-state index in [1.807, 2.05) is 0 Å². The molecule has 11 heavy (non-hydrogen) atoms. The highest BCUT2D eigenvalue weighted by molar-refractivity contribution is 5.07. The van der Waals surface area contributed by atoms with Gasteiger partial charge in [0.15, 0.2) is 0 Å². The maximum Gasteiger partial charge on any atom is 0.00915 e. The second-order valence-corrected chi connectivity index (χ2v) is 3.83. The molecule has 0 aromatic carbocycles. The lowest BCUT2D eigenvalue weighted by Gasteiger charge is -1.96. The van der Waals surface area contributed by atoms with Crippen molar-refractivity contribution >= 4 is 0 Å². The molecule has 0 amide bonds. The van der Waals surface area contributed by atoms with Crippen LogP contribution >= 0.6 is 0 Å². The third-order valence-electron chi connectivity index (χ3n) is 3.31. The van der Waals surface area contributed by atoms with Gasteiger partial charge in [0.2, 0.25) is 0 Å². The molecule has 1 saturated carbocycles. The fourth-order valence-corrected chi connectivity index (χ4v) is 2.64. The van der Waals surface area contributed by atoms with Gasteiger partial charge >= 0.3 is 0 Å². The molecule has 0 nitrogen and oxygen atoms in total. The molecule has 60 valence electrons. The topological polar surface area (TPSA) is 0 Å². The van der Waals surface area contributed by atoms with Crippen LogP contribution in [0.2, 0.25) is 0 Å². The third-order valence-corrected chi connectivity index (χ3v) is 3.31. The van der Waals surface area contributed by atoms with E-state index in [0.717, 1.165) is 30.6 Å². The Morgan fingerprint density at radius 3 is 2.09 bits per heavy atom. The van der Waals surface area contributed by atoms with Crippen molar-refractivity contribution in [3.8, 4) is 11.8 Å². The van der Waals surface area contributed by atoms with Crippen LogP contribution < -0.4 is 0 Å². The predicted octanol–water partition coefficient (Wildman–Crippen LogP) is 2.84. The molecule has 2 aliphatic carbocycles. The summed E-state index contributed by atoms with van der Waals surface area (Å²) in [5.41, 5.74) is 0. The van der Waals surface area contributed by atoms with Crippen LogP contribution in [0.5, 0.6) is 0 Å². The Labute approximate surface area is 69.4 Å². The summed E-state index contributed by atoms with van der Waals surface area (Å²) in [5, 5.41) is 0. The van der Waals surface area contributed by atoms with E-state index in [1.54, 1.807) is 0 Å². The van der Waals surface area contributed by atoms with Crippen molar-refractivity contribution in [2.45, 2.75) is 39.0 Å². The van der Waals surface area contributed by atoms with Crippen molar-refractivity contribution in [1.29, 1.82) is 0 Å². The highest BCUT2D eigenvalue weighted by Crippen LogP contribution is 2.53. The van der Waals surface area contributed by atoms with Crippen molar-refractivity contribution in [3.05, 3.63) is 0 Å². The number of rotatable bonds is 1. The van der Waals surface area contributed by atoms with E-state index in [0.29, 0.717) is 0 Å². The fraction of sp³-hybridized carbons (Fsp3) is 0.818. The van der Waals surface area contributed by atoms with Crippen molar-refractivity contribution < 1.29 is 0 Å². The molecule has 2 rings (SSSR count). The van der Waals surface area contributed by atoms with E-state index >= 15 is 0 Å². The molecule has 1 unspecified atom stereocenters. The van der Waals surface area contributed by atoms with Crippen LogP contribution in [0.1, 0.15) is 39.0 Å². The molecule has 0 aromatic heterocycles. The van der Waals surface area contributed by atoms with E-state index < -0.39 is 0 Å². The minimum Gasteiger partial charge on any atom is -0.103 e. The van der Waals surface area contributed by atoms with Gasteiger partial charge in [0.25, 0.3) is 0 Å². The first-order valence-corrected chi connectivity index (χ1v) is 4.89. The molecule has 0 saturated heterocycles. The lowest BCUT2D eigenvalue weighted by Crippen LogP contribution is -1.85. The first kappa shape index (κ1) is 7.22. The minimum atomic E-state index is 1.06. The Balaban J connectivity index is 1.93. The van der Waals surface area contributed by atoms with E-state index in [9.17, 15) is 0 Å². The zero-order valence-electron chi connectivity index (χ0n) is 7.27. The van der Waals surface area contributed by atoms with Crippen LogP contribution in [0, 0.1) is 29.6 Å². The molecule has 0 aliphatic heterocycles. The molecular weight excluding hydrogens is 132 g/mol. The summed E-state index contributed by atoms with van der Waals surface area (Å²) in [6.45, 7) is 2.33. The van der Waals surface area contributed by atoms with Gasteiger partial charge in [-0.15, -0.1) is 11.8 Å². The van der Waals surface area contributed by atoms with Gasteiger partial charge in [-0.25, -0.2) is 0 Å². The SMILES string of the molecule is CCC1[C@H]2CCC#CCC[C@@H]12. The number of hydrogen-bond acceptors (Lipinski definition) is 0. The largest absolute Gasteiger partial charge is 0.103 e. The van der Waals surface area contributed by atoms with Gasteiger partial charge in [0.1, 0.15) is 0 Å². The second kappa shape index (κ2) is 2.89. The first-order valence-electron chi connectivity index (χ1n) is 4.89. The Kier molecular flexibility index (Phi) is 1.90. The molecule has 0 N–H and O–H groups in total. The van der Waals surface area contributed by atoms with E-state index in [4.69, 9.17) is 0 Å². The maximum absolute atomic E-state index is 3.24. The quantitative estimate of drug-likeness (QED) is 0.502. The van der Waals surface area contributed by atoms with Gasteiger partial charge in [-0.3, -0.25) is 0 Å². The van der Waals surface area contributed by atoms with Gasteiger partial charge in [-0.1, -0.05) is 13.3 Å². The summed E-state index contributed by atoms with van der Waals surface area (Å²) in [4.78, 5) is 0. The minimum absolute atomic E-state index is 1.06. The lowest BCUT2D eigenvalue weighted by molar-refractivity contribution is 0.618. The summed E-state index contributed by atoms with van der Waals surface area (Å²) >= 11 is 0. The van der Waals surface area contributed by atoms with Crippen LogP contribution in [-0.4, -0.2) is 0 Å². The average Bonchev–Trinajstić information content (AvgIpc) is 2.60. The monoisotopic (exact) mass is 148 g/mol. The van der Waals surface area contributed by atoms with Gasteiger partial charge in [-0.2, -0.15) is 0 Å². The first-order chi connectivity index (χ1) is 5.43. The summed E-state index contributed by atoms with van der Waals surface area (Å²) in [5.74, 6) is 9.67. The number of hydrogen-bond donors (Lipinski definition) is 0. The highest BCUT2D eigenvalue weighted by atomic mass is 14.5. The van der Waals surface area contributed by atoms with Crippen LogP contribution in [0.15, 0.2) is 0 Å². The van der Waals surface area contributed by atoms with E-state index in [2.05, 4.69) is 18.8 Å². The molecule has 3 atom stereocenters. The number of fused-ring (bicyclic) bond motifs is 1. The molecule has 0 radical (unpaired) electrons. The standard InChI is InChI=1S/C11H16/c1-2-9-10-7-5-3-4-6-8-11(9)10/h9-11H,2,5-8H2,1H3/t9?,10-,11+. The molecule has 1 fully saturated rings. The van der Waals surface area contributed by atoms with Gasteiger partial charge in [0, 0.05) is 12.8 Å². The Morgan fingerprint density at radius 2 is 1.64 bits per heavy atom. The zero-order chi connectivity index (χ0) is 7.68. The summed E-state index contributed by atoms with van der Waals surface area (Å²) in [6, 6.07) is 0. The Hall–Kier alpha value is -0.440. The van der Waals surface area contributed by atoms with Crippen molar-refractivity contribution in [3.63, 3.8) is 0 Å². The third kappa shape index (κ3) is 1.29. The molecule has 0 bridgehead atoms. The molecular formula is C11H16. The van der Waals surface area contributed by atoms with Crippen LogP contribution in [-0.2, 0) is 0 Å². The Morgan fingerprint density at radius 1 is 1.09 bits per heavy atom. The normalized spacial score (nSPS) is 41.0. The van der Waals surface area contributed by atoms with Crippen LogP contribution in [0.25, 0.3) is 0 Å². The average molecular weight is 148 g/mol. The predicted molar refractivity (Wildman–Crippen MR) is 47.0 cm³/mol. The molecule has 2 aliphatic rings. The van der Waals surface area contributed by atoms with Crippen LogP contribution in [0.4, 0.5) is 0 Å². The highest BCUT2D eigenvalue weighted by Gasteiger charge is 2.46. The van der Waals surface area contributed by atoms with Crippen LogP contribution in [0.3, 0.4) is 0 Å². The summed E-state index contributed by atoms with van der Waals surface area (Å²) < 4.78 is 0. The van der Waals surface area contributed by atoms with Gasteiger partial charge < -0.3 is 0 Å². The van der Waals surface area contributed by atoms with Gasteiger partial charge in [0.05, 0.1) is 0 Å². The van der Waals surface area contributed by atoms with Crippen molar-refractivity contribution in [2.24, 2.45) is 17.8 Å². The van der Waals surface area contributed by atoms with Gasteiger partial charge in [-0.05, 0) is 30.6 Å². The molecule has 0 spiro atoms. The Bertz CT molecular complexity index is 176. The molecule has 0 heterocycles. The smallest absolute Gasteiger partial charge is 0.00915 e.